The van der Waals surface area contributed by atoms with Gasteiger partial charge in [0.15, 0.2) is 11.6 Å². The molecule has 0 spiro atoms. The number of aromatic nitrogens is 3. The molecule has 0 aliphatic heterocycles. The number of aryl methyl sites for hydroxylation is 1. The van der Waals surface area contributed by atoms with Gasteiger partial charge in [-0.25, -0.2) is 18.7 Å². The molecule has 5 heteroatoms. The second-order valence-corrected chi connectivity index (χ2v) is 22.0. The molecule has 2 heterocycles. The molecule has 0 radical (unpaired) electrons. The fourth-order valence-electron chi connectivity index (χ4n) is 9.43. The van der Waals surface area contributed by atoms with E-state index in [0.717, 1.165) is 48.1 Å². The number of hydrogen-bond donors (Lipinski definition) is 0. The van der Waals surface area contributed by atoms with Crippen LogP contribution in [0.4, 0.5) is 8.78 Å². The average Bonchev–Trinajstić information content (AvgIpc) is 3.66. The molecule has 0 amide bonds. The van der Waals surface area contributed by atoms with Crippen molar-refractivity contribution >= 4 is 44.0 Å². The highest BCUT2D eigenvalue weighted by Crippen LogP contribution is 2.42. The van der Waals surface area contributed by atoms with Crippen LogP contribution in [-0.4, -0.2) is 14.5 Å². The number of hydrogen-bond acceptors (Lipinski definition) is 2. The van der Waals surface area contributed by atoms with Crippen molar-refractivity contribution in [1.82, 2.24) is 14.5 Å². The molecule has 7 rings (SSSR count). The highest BCUT2D eigenvalue weighted by atomic mass is 19.2. The van der Waals surface area contributed by atoms with Crippen molar-refractivity contribution in [1.29, 1.82) is 0 Å². The van der Waals surface area contributed by atoms with Gasteiger partial charge >= 0.3 is 0 Å². The lowest BCUT2D eigenvalue weighted by Crippen LogP contribution is -2.11. The zero-order valence-electron chi connectivity index (χ0n) is 45.6. The summed E-state index contributed by atoms with van der Waals surface area (Å²) in [5.41, 5.74) is 12.2. The Bertz CT molecular complexity index is 2970. The molecule has 7 aromatic rings. The highest BCUT2D eigenvalue weighted by Gasteiger charge is 2.29. The van der Waals surface area contributed by atoms with Crippen LogP contribution in [0.1, 0.15) is 189 Å². The number of benzene rings is 5. The maximum atomic E-state index is 17.5. The fraction of sp³-hybridized carbons (Fsp3) is 0.424. The van der Waals surface area contributed by atoms with Crippen LogP contribution < -0.4 is 0 Å². The molecule has 0 saturated carbocycles. The van der Waals surface area contributed by atoms with Gasteiger partial charge in [-0.15, -0.1) is 0 Å². The van der Waals surface area contributed by atoms with E-state index in [1.165, 1.54) is 71.5 Å². The third-order valence-corrected chi connectivity index (χ3v) is 14.2. The van der Waals surface area contributed by atoms with Crippen molar-refractivity contribution in [2.24, 2.45) is 5.41 Å². The monoisotopic (exact) mass is 956 g/mol. The Hall–Kier alpha value is -5.68. The van der Waals surface area contributed by atoms with E-state index in [-0.39, 0.29) is 27.9 Å². The quantitative estimate of drug-likeness (QED) is 0.0487. The van der Waals surface area contributed by atoms with Crippen LogP contribution in [0.5, 0.6) is 0 Å². The smallest absolute Gasteiger partial charge is 0.168 e. The predicted molar refractivity (Wildman–Crippen MR) is 305 cm³/mol. The first-order valence-electron chi connectivity index (χ1n) is 26.9. The van der Waals surface area contributed by atoms with Gasteiger partial charge in [-0.1, -0.05) is 230 Å². The first kappa shape index (κ1) is 54.6. The standard InChI is InChI=1S/C63H75F2N3.C3H8/c1-12-14-16-17-18-25-39-68-52-40-48(35-37-50(52)51-38-36-49(41-53(51)68)63(9,10)11)42(3)32-34-45(26-15-13-2)55-57(65)56(64)54(43(4)31-33-44(5)62(6,7)8)60-61(55)67-59(47-29-23-20-24-30-47)58(66-60)46-27-21-19-22-28-46;1-3-2/h19-24,27-30,32-38,40-41,43H,12-18,25-26,31,39H2,1-11H3;3H2,1-2H3/b42-32+,44-33+,45-34+;. The van der Waals surface area contributed by atoms with E-state index >= 15 is 8.78 Å². The Morgan fingerprint density at radius 3 is 1.76 bits per heavy atom. The molecule has 376 valence electrons. The van der Waals surface area contributed by atoms with E-state index in [1.54, 1.807) is 0 Å². The Balaban J connectivity index is 0.00000268. The minimum Gasteiger partial charge on any atom is -0.340 e. The summed E-state index contributed by atoms with van der Waals surface area (Å²) in [6.45, 7) is 29.2. The van der Waals surface area contributed by atoms with E-state index < -0.39 is 11.6 Å². The summed E-state index contributed by atoms with van der Waals surface area (Å²) < 4.78 is 37.4. The Morgan fingerprint density at radius 1 is 0.634 bits per heavy atom. The molecule has 0 N–H and O–H groups in total. The van der Waals surface area contributed by atoms with Crippen LogP contribution in [0.25, 0.3) is 66.5 Å². The molecule has 0 bridgehead atoms. The normalized spacial score (nSPS) is 13.3. The molecule has 3 nitrogen and oxygen atoms in total. The Kier molecular flexibility index (Phi) is 19.0. The van der Waals surface area contributed by atoms with Crippen molar-refractivity contribution in [2.75, 3.05) is 0 Å². The summed E-state index contributed by atoms with van der Waals surface area (Å²) in [4.78, 5) is 10.8. The van der Waals surface area contributed by atoms with Crippen LogP contribution in [-0.2, 0) is 12.0 Å². The largest absolute Gasteiger partial charge is 0.340 e. The van der Waals surface area contributed by atoms with Gasteiger partial charge in [-0.05, 0) is 90.7 Å². The lowest BCUT2D eigenvalue weighted by atomic mass is 9.84. The molecular weight excluding hydrogens is 873 g/mol. The third kappa shape index (κ3) is 13.1. The molecule has 2 aromatic heterocycles. The number of allylic oxidation sites excluding steroid dienone is 6. The first-order chi connectivity index (χ1) is 33.9. The molecule has 0 aliphatic rings. The van der Waals surface area contributed by atoms with Crippen molar-refractivity contribution in [3.63, 3.8) is 0 Å². The topological polar surface area (TPSA) is 30.7 Å². The molecule has 1 unspecified atom stereocenters. The van der Waals surface area contributed by atoms with E-state index in [4.69, 9.17) is 9.97 Å². The zero-order valence-corrected chi connectivity index (χ0v) is 45.6. The molecule has 0 aliphatic carbocycles. The third-order valence-electron chi connectivity index (χ3n) is 14.2. The number of fused-ring (bicyclic) bond motifs is 4. The van der Waals surface area contributed by atoms with Crippen molar-refractivity contribution in [2.45, 2.75) is 179 Å². The number of rotatable bonds is 18. The van der Waals surface area contributed by atoms with Gasteiger partial charge in [-0.2, -0.15) is 0 Å². The van der Waals surface area contributed by atoms with Crippen LogP contribution in [0.3, 0.4) is 0 Å². The molecule has 0 saturated heterocycles. The summed E-state index contributed by atoms with van der Waals surface area (Å²) in [5, 5.41) is 2.54. The van der Waals surface area contributed by atoms with E-state index in [2.05, 4.69) is 136 Å². The predicted octanol–water partition coefficient (Wildman–Crippen LogP) is 20.6. The highest BCUT2D eigenvalue weighted by molar-refractivity contribution is 6.09. The second-order valence-electron chi connectivity index (χ2n) is 22.0. The first-order valence-corrected chi connectivity index (χ1v) is 26.9. The van der Waals surface area contributed by atoms with Gasteiger partial charge in [0.25, 0.3) is 0 Å². The number of halogens is 2. The molecular formula is C66H83F2N3. The van der Waals surface area contributed by atoms with Crippen LogP contribution in [0, 0.1) is 17.0 Å². The number of nitrogens with zero attached hydrogens (tertiary/aromatic N) is 3. The molecule has 71 heavy (non-hydrogen) atoms. The lowest BCUT2D eigenvalue weighted by Gasteiger charge is -2.22. The summed E-state index contributed by atoms with van der Waals surface area (Å²) in [6.07, 6.45) is 17.8. The summed E-state index contributed by atoms with van der Waals surface area (Å²) in [6, 6.07) is 33.7. The van der Waals surface area contributed by atoms with Crippen molar-refractivity contribution in [3.8, 4) is 22.5 Å². The van der Waals surface area contributed by atoms with Gasteiger partial charge in [-0.3, -0.25) is 0 Å². The molecule has 0 fully saturated rings. The van der Waals surface area contributed by atoms with Crippen molar-refractivity contribution in [3.05, 3.63) is 155 Å². The van der Waals surface area contributed by atoms with Crippen LogP contribution >= 0.6 is 0 Å². The van der Waals surface area contributed by atoms with Gasteiger partial charge in [0.05, 0.1) is 16.9 Å². The average molecular weight is 956 g/mol. The lowest BCUT2D eigenvalue weighted by molar-refractivity contribution is 0.487. The number of unbranched alkanes of at least 4 members (excludes halogenated alkanes) is 6. The fourth-order valence-corrected chi connectivity index (χ4v) is 9.43. The molecule has 5 aromatic carbocycles. The summed E-state index contributed by atoms with van der Waals surface area (Å²) in [5.74, 6) is -2.07. The van der Waals surface area contributed by atoms with Crippen LogP contribution in [0.2, 0.25) is 0 Å². The van der Waals surface area contributed by atoms with Gasteiger partial charge in [0, 0.05) is 50.6 Å². The van der Waals surface area contributed by atoms with Crippen LogP contribution in [0.15, 0.2) is 121 Å². The Morgan fingerprint density at radius 2 is 1.18 bits per heavy atom. The maximum absolute atomic E-state index is 17.5. The van der Waals surface area contributed by atoms with Gasteiger partial charge in [0.2, 0.25) is 0 Å². The molecule has 1 atom stereocenters. The minimum atomic E-state index is -0.861. The van der Waals surface area contributed by atoms with Gasteiger partial charge < -0.3 is 4.57 Å². The summed E-state index contributed by atoms with van der Waals surface area (Å²) >= 11 is 0. The van der Waals surface area contributed by atoms with E-state index in [9.17, 15) is 0 Å². The minimum absolute atomic E-state index is 0.0373. The Labute approximate surface area is 426 Å². The zero-order chi connectivity index (χ0) is 51.5. The summed E-state index contributed by atoms with van der Waals surface area (Å²) in [7, 11) is 0. The second kappa shape index (κ2) is 24.6. The van der Waals surface area contributed by atoms with Gasteiger partial charge in [0.1, 0.15) is 5.52 Å². The van der Waals surface area contributed by atoms with E-state index in [1.807, 2.05) is 73.7 Å². The maximum Gasteiger partial charge on any atom is 0.168 e. The van der Waals surface area contributed by atoms with Crippen molar-refractivity contribution < 1.29 is 8.78 Å². The van der Waals surface area contributed by atoms with E-state index in [0.29, 0.717) is 40.8 Å². The SMILES string of the molecule is CCC.CCCCCCCCn1c2cc(/C(C)=C/C=C(\CCCC)c3c(F)c(F)c(C(C)C/C=C(\C)C(C)(C)C)c4nc(-c5ccccc5)c(-c5ccccc5)nc34)ccc2c2ccc(C(C)(C)C)cc21.